The van der Waals surface area contributed by atoms with Gasteiger partial charge in [0, 0.05) is 12.2 Å². The lowest BCUT2D eigenvalue weighted by Crippen LogP contribution is -2.58. The maximum atomic E-state index is 12.5. The van der Waals surface area contributed by atoms with Crippen molar-refractivity contribution >= 4 is 42.2 Å². The topological polar surface area (TPSA) is 214 Å². The number of nitrogens with one attached hydrogen (secondary N) is 3. The molecular formula is C17H31N5O7S. The van der Waals surface area contributed by atoms with Gasteiger partial charge in [-0.15, -0.1) is 0 Å². The third-order valence-electron chi connectivity index (χ3n) is 4.44. The molecule has 0 fully saturated rings. The maximum absolute atomic E-state index is 12.5. The van der Waals surface area contributed by atoms with Gasteiger partial charge in [0.1, 0.15) is 18.1 Å². The first-order chi connectivity index (χ1) is 14.0. The molecule has 0 spiro atoms. The second-order valence-electron chi connectivity index (χ2n) is 6.81. The summed E-state index contributed by atoms with van der Waals surface area (Å²) in [6, 6.07) is -4.97. The molecule has 0 radical (unpaired) electrons. The van der Waals surface area contributed by atoms with Crippen molar-refractivity contribution in [2.45, 2.75) is 57.3 Å². The van der Waals surface area contributed by atoms with E-state index in [1.165, 1.54) is 0 Å². The lowest BCUT2D eigenvalue weighted by Gasteiger charge is -2.25. The van der Waals surface area contributed by atoms with Crippen LogP contribution in [0.15, 0.2) is 0 Å². The zero-order valence-electron chi connectivity index (χ0n) is 17.0. The van der Waals surface area contributed by atoms with Crippen LogP contribution in [0.4, 0.5) is 0 Å². The van der Waals surface area contributed by atoms with Gasteiger partial charge in [0.2, 0.25) is 23.6 Å². The van der Waals surface area contributed by atoms with Gasteiger partial charge in [-0.1, -0.05) is 20.3 Å². The van der Waals surface area contributed by atoms with Gasteiger partial charge >= 0.3 is 5.97 Å². The fraction of sp³-hybridized carbons (Fsp3) is 0.706. The van der Waals surface area contributed by atoms with E-state index < -0.39 is 66.3 Å². The summed E-state index contributed by atoms with van der Waals surface area (Å²) < 4.78 is 0. The summed E-state index contributed by atoms with van der Waals surface area (Å²) >= 11 is 3.89. The number of carboxylic acids is 1. The number of aliphatic hydroxyl groups excluding tert-OH is 1. The Hall–Kier alpha value is -2.38. The quantitative estimate of drug-likeness (QED) is 0.128. The van der Waals surface area contributed by atoms with Gasteiger partial charge in [-0.05, 0) is 12.3 Å². The SMILES string of the molecule is CCC(C)C(NC(=O)C(CO)NC(=O)C(CCC(N)=O)NC(=O)C(N)CS)C(=O)O. The van der Waals surface area contributed by atoms with Crippen LogP contribution in [0.1, 0.15) is 33.1 Å². The summed E-state index contributed by atoms with van der Waals surface area (Å²) in [7, 11) is 0. The Morgan fingerprint density at radius 2 is 1.53 bits per heavy atom. The van der Waals surface area contributed by atoms with Crippen LogP contribution < -0.4 is 27.4 Å². The fourth-order valence-electron chi connectivity index (χ4n) is 2.32. The van der Waals surface area contributed by atoms with Crippen LogP contribution in [0, 0.1) is 5.92 Å². The second kappa shape index (κ2) is 13.8. The minimum Gasteiger partial charge on any atom is -0.480 e. The van der Waals surface area contributed by atoms with Crippen molar-refractivity contribution in [2.24, 2.45) is 17.4 Å². The summed E-state index contributed by atoms with van der Waals surface area (Å²) in [4.78, 5) is 59.3. The average Bonchev–Trinajstić information content (AvgIpc) is 2.70. The molecule has 5 atom stereocenters. The van der Waals surface area contributed by atoms with Crippen molar-refractivity contribution in [3.63, 3.8) is 0 Å². The van der Waals surface area contributed by atoms with Crippen molar-refractivity contribution < 1.29 is 34.2 Å². The number of carboxylic acid groups (broad SMARTS) is 1. The molecule has 0 aromatic rings. The third kappa shape index (κ3) is 9.41. The first-order valence-electron chi connectivity index (χ1n) is 9.37. The highest BCUT2D eigenvalue weighted by Crippen LogP contribution is 2.08. The fourth-order valence-corrected chi connectivity index (χ4v) is 2.49. The molecule has 0 aliphatic heterocycles. The summed E-state index contributed by atoms with van der Waals surface area (Å²) in [5.74, 6) is -4.85. The minimum absolute atomic E-state index is 0.00382. The first kappa shape index (κ1) is 27.6. The molecule has 0 aliphatic carbocycles. The Morgan fingerprint density at radius 3 is 1.97 bits per heavy atom. The van der Waals surface area contributed by atoms with Crippen LogP contribution in [-0.4, -0.2) is 76.3 Å². The molecule has 0 aliphatic rings. The van der Waals surface area contributed by atoms with E-state index >= 15 is 0 Å². The Kier molecular flexibility index (Phi) is 12.7. The molecule has 0 saturated carbocycles. The maximum Gasteiger partial charge on any atom is 0.326 e. The first-order valence-corrected chi connectivity index (χ1v) is 10.0. The molecule has 0 saturated heterocycles. The molecule has 4 amide bonds. The molecular weight excluding hydrogens is 418 g/mol. The molecule has 12 nitrogen and oxygen atoms in total. The zero-order valence-corrected chi connectivity index (χ0v) is 17.9. The van der Waals surface area contributed by atoms with Gasteiger partial charge in [-0.2, -0.15) is 12.6 Å². The molecule has 30 heavy (non-hydrogen) atoms. The number of nitrogens with two attached hydrogens (primary N) is 2. The highest BCUT2D eigenvalue weighted by atomic mass is 32.1. The number of rotatable bonds is 14. The van der Waals surface area contributed by atoms with Crippen LogP contribution >= 0.6 is 12.6 Å². The van der Waals surface area contributed by atoms with Crippen LogP contribution in [-0.2, 0) is 24.0 Å². The number of aliphatic hydroxyl groups is 1. The molecule has 9 N–H and O–H groups in total. The molecule has 0 aromatic heterocycles. The van der Waals surface area contributed by atoms with Gasteiger partial charge < -0.3 is 37.6 Å². The number of carbonyl (C=O) groups excluding carboxylic acids is 4. The van der Waals surface area contributed by atoms with E-state index in [0.29, 0.717) is 6.42 Å². The Bertz CT molecular complexity index is 634. The summed E-state index contributed by atoms with van der Waals surface area (Å²) in [6.07, 6.45) is 0.0656. The Balaban J connectivity index is 5.28. The van der Waals surface area contributed by atoms with E-state index in [2.05, 4.69) is 28.6 Å². The van der Waals surface area contributed by atoms with Gasteiger partial charge in [-0.3, -0.25) is 19.2 Å². The minimum atomic E-state index is -1.48. The predicted octanol–water partition coefficient (Wildman–Crippen LogP) is -2.91. The monoisotopic (exact) mass is 449 g/mol. The molecule has 0 bridgehead atoms. The van der Waals surface area contributed by atoms with Crippen LogP contribution in [0.2, 0.25) is 0 Å². The smallest absolute Gasteiger partial charge is 0.326 e. The largest absolute Gasteiger partial charge is 0.480 e. The zero-order chi connectivity index (χ0) is 23.4. The van der Waals surface area contributed by atoms with Crippen LogP contribution in [0.25, 0.3) is 0 Å². The lowest BCUT2D eigenvalue weighted by molar-refractivity contribution is -0.144. The van der Waals surface area contributed by atoms with E-state index in [9.17, 15) is 34.2 Å². The number of primary amides is 1. The average molecular weight is 450 g/mol. The molecule has 0 rings (SSSR count). The van der Waals surface area contributed by atoms with Gasteiger partial charge in [0.05, 0.1) is 12.6 Å². The second-order valence-corrected chi connectivity index (χ2v) is 7.17. The van der Waals surface area contributed by atoms with E-state index in [4.69, 9.17) is 11.5 Å². The summed E-state index contributed by atoms with van der Waals surface area (Å²) in [6.45, 7) is 2.56. The molecule has 5 unspecified atom stereocenters. The lowest BCUT2D eigenvalue weighted by atomic mass is 9.99. The normalized spacial score (nSPS) is 15.8. The van der Waals surface area contributed by atoms with E-state index in [1.807, 2.05) is 0 Å². The van der Waals surface area contributed by atoms with Crippen molar-refractivity contribution in [2.75, 3.05) is 12.4 Å². The van der Waals surface area contributed by atoms with Crippen molar-refractivity contribution in [3.05, 3.63) is 0 Å². The van der Waals surface area contributed by atoms with Crippen LogP contribution in [0.5, 0.6) is 0 Å². The number of aliphatic carboxylic acids is 1. The highest BCUT2D eigenvalue weighted by Gasteiger charge is 2.31. The standard InChI is InChI=1S/C17H31N5O7S/c1-3-8(2)13(17(28)29)22-16(27)11(6-23)21-15(26)10(4-5-12(19)24)20-14(25)9(18)7-30/h8-11,13,23,30H,3-7,18H2,1-2H3,(H2,19,24)(H,20,25)(H,21,26)(H,22,27)(H,28,29). The highest BCUT2D eigenvalue weighted by molar-refractivity contribution is 7.80. The summed E-state index contributed by atoms with van der Waals surface area (Å²) in [5, 5.41) is 25.6. The third-order valence-corrected chi connectivity index (χ3v) is 4.83. The van der Waals surface area contributed by atoms with E-state index in [-0.39, 0.29) is 18.6 Å². The molecule has 13 heteroatoms. The van der Waals surface area contributed by atoms with Gasteiger partial charge in [0.15, 0.2) is 0 Å². The van der Waals surface area contributed by atoms with Crippen molar-refractivity contribution in [3.8, 4) is 0 Å². The Labute approximate surface area is 179 Å². The van der Waals surface area contributed by atoms with E-state index in [1.54, 1.807) is 13.8 Å². The summed E-state index contributed by atoms with van der Waals surface area (Å²) in [5.41, 5.74) is 10.6. The number of hydrogen-bond acceptors (Lipinski definition) is 8. The van der Waals surface area contributed by atoms with E-state index in [0.717, 1.165) is 0 Å². The number of amides is 4. The van der Waals surface area contributed by atoms with Crippen molar-refractivity contribution in [1.82, 2.24) is 16.0 Å². The van der Waals surface area contributed by atoms with Gasteiger partial charge in [0.25, 0.3) is 0 Å². The molecule has 172 valence electrons. The Morgan fingerprint density at radius 1 is 1.00 bits per heavy atom. The van der Waals surface area contributed by atoms with Crippen molar-refractivity contribution in [1.29, 1.82) is 0 Å². The number of thiol groups is 1. The molecule has 0 heterocycles. The van der Waals surface area contributed by atoms with Crippen LogP contribution in [0.3, 0.4) is 0 Å². The van der Waals surface area contributed by atoms with Gasteiger partial charge in [-0.25, -0.2) is 4.79 Å². The molecule has 0 aromatic carbocycles. The number of hydrogen-bond donors (Lipinski definition) is 8. The number of carbonyl (C=O) groups is 5. The predicted molar refractivity (Wildman–Crippen MR) is 110 cm³/mol.